The third kappa shape index (κ3) is 6.86. The van der Waals surface area contributed by atoms with Crippen molar-refractivity contribution in [2.45, 2.75) is 20.0 Å². The lowest BCUT2D eigenvalue weighted by atomic mass is 10.2. The molecule has 0 radical (unpaired) electrons. The molecule has 0 aromatic heterocycles. The smallest absolute Gasteiger partial charge is 0.348 e. The molecule has 1 unspecified atom stereocenters. The van der Waals surface area contributed by atoms with Crippen LogP contribution in [0.3, 0.4) is 0 Å². The highest BCUT2D eigenvalue weighted by Crippen LogP contribution is 2.10. The lowest BCUT2D eigenvalue weighted by Crippen LogP contribution is -2.34. The van der Waals surface area contributed by atoms with Crippen molar-refractivity contribution in [2.75, 3.05) is 6.61 Å². The molecule has 24 heavy (non-hydrogen) atoms. The van der Waals surface area contributed by atoms with Gasteiger partial charge in [-0.25, -0.2) is 4.79 Å². The normalized spacial score (nSPS) is 10.5. The molecule has 2 rings (SSSR count). The van der Waals surface area contributed by atoms with E-state index in [0.29, 0.717) is 11.3 Å². The molecule has 2 aromatic carbocycles. The summed E-state index contributed by atoms with van der Waals surface area (Å²) in [5.41, 5.74) is 0.715. The van der Waals surface area contributed by atoms with Gasteiger partial charge >= 0.3 is 5.97 Å². The summed E-state index contributed by atoms with van der Waals surface area (Å²) in [6, 6.07) is 19.7. The fourth-order valence-corrected chi connectivity index (χ4v) is 1.69. The monoisotopic (exact) mass is 325 g/mol. The molecule has 0 spiro atoms. The first kappa shape index (κ1) is 19.1. The number of carbonyl (C=O) groups is 2. The van der Waals surface area contributed by atoms with Crippen LogP contribution in [0.5, 0.6) is 5.75 Å². The Labute approximate surface area is 141 Å². The Balaban J connectivity index is 0.000000300. The number of carbonyl (C=O) groups excluding carboxylic acids is 2. The van der Waals surface area contributed by atoms with E-state index in [0.717, 1.165) is 0 Å². The van der Waals surface area contributed by atoms with Gasteiger partial charge in [-0.2, -0.15) is 5.26 Å². The zero-order chi connectivity index (χ0) is 17.8. The summed E-state index contributed by atoms with van der Waals surface area (Å²) in [6.07, 6.45) is -1.13. The van der Waals surface area contributed by atoms with Gasteiger partial charge in [0, 0.05) is 6.61 Å². The highest BCUT2D eigenvalue weighted by Gasteiger charge is 2.25. The molecule has 5 heteroatoms. The van der Waals surface area contributed by atoms with Gasteiger partial charge in [0.05, 0.1) is 11.6 Å². The van der Waals surface area contributed by atoms with Crippen molar-refractivity contribution in [3.8, 4) is 11.8 Å². The van der Waals surface area contributed by atoms with E-state index in [9.17, 15) is 9.59 Å². The SMILES string of the molecule is CCOC(C(C)=O)C(=O)Oc1ccccc1.N#Cc1ccccc1. The molecule has 0 bridgehead atoms. The quantitative estimate of drug-likeness (QED) is 0.479. The molecule has 0 aliphatic carbocycles. The summed E-state index contributed by atoms with van der Waals surface area (Å²) in [7, 11) is 0. The van der Waals surface area contributed by atoms with Gasteiger partial charge in [0.1, 0.15) is 5.75 Å². The van der Waals surface area contributed by atoms with Crippen molar-refractivity contribution < 1.29 is 19.1 Å². The van der Waals surface area contributed by atoms with Gasteiger partial charge in [0.2, 0.25) is 6.10 Å². The van der Waals surface area contributed by atoms with Gasteiger partial charge in [0.25, 0.3) is 0 Å². The highest BCUT2D eigenvalue weighted by atomic mass is 16.6. The summed E-state index contributed by atoms with van der Waals surface area (Å²) in [5.74, 6) is -0.637. The van der Waals surface area contributed by atoms with Crippen molar-refractivity contribution in [2.24, 2.45) is 0 Å². The van der Waals surface area contributed by atoms with Crippen molar-refractivity contribution in [1.82, 2.24) is 0 Å². The van der Waals surface area contributed by atoms with Crippen LogP contribution in [0.4, 0.5) is 0 Å². The van der Waals surface area contributed by atoms with E-state index < -0.39 is 12.1 Å². The number of ether oxygens (including phenoxy) is 2. The van der Waals surface area contributed by atoms with Gasteiger partial charge in [0.15, 0.2) is 5.78 Å². The molecular formula is C19H19NO4. The molecule has 0 aliphatic rings. The number of hydrogen-bond acceptors (Lipinski definition) is 5. The minimum Gasteiger partial charge on any atom is -0.424 e. The van der Waals surface area contributed by atoms with Crippen molar-refractivity contribution in [3.05, 3.63) is 66.2 Å². The van der Waals surface area contributed by atoms with E-state index in [1.165, 1.54) is 6.92 Å². The minimum absolute atomic E-state index is 0.286. The second kappa shape index (κ2) is 10.7. The first-order chi connectivity index (χ1) is 11.6. The maximum absolute atomic E-state index is 11.6. The third-order valence-electron chi connectivity index (χ3n) is 2.78. The number of benzene rings is 2. The van der Waals surface area contributed by atoms with Crippen LogP contribution in [0.1, 0.15) is 19.4 Å². The average Bonchev–Trinajstić information content (AvgIpc) is 2.61. The lowest BCUT2D eigenvalue weighted by molar-refractivity contribution is -0.152. The van der Waals surface area contributed by atoms with Crippen LogP contribution in [-0.2, 0) is 14.3 Å². The number of ketones is 1. The average molecular weight is 325 g/mol. The number of rotatable bonds is 5. The van der Waals surface area contributed by atoms with E-state index in [1.54, 1.807) is 43.3 Å². The zero-order valence-corrected chi connectivity index (χ0v) is 13.6. The molecule has 2 aromatic rings. The fourth-order valence-electron chi connectivity index (χ4n) is 1.69. The minimum atomic E-state index is -1.13. The molecule has 0 fully saturated rings. The molecule has 0 amide bonds. The van der Waals surface area contributed by atoms with Crippen LogP contribution in [-0.4, -0.2) is 24.5 Å². The molecule has 1 atom stereocenters. The van der Waals surface area contributed by atoms with Gasteiger partial charge in [-0.15, -0.1) is 0 Å². The second-order valence-electron chi connectivity index (χ2n) is 4.66. The Hall–Kier alpha value is -2.97. The second-order valence-corrected chi connectivity index (χ2v) is 4.66. The van der Waals surface area contributed by atoms with Gasteiger partial charge in [-0.1, -0.05) is 36.4 Å². The summed E-state index contributed by atoms with van der Waals surface area (Å²) < 4.78 is 10.0. The van der Waals surface area contributed by atoms with Crippen LogP contribution >= 0.6 is 0 Å². The van der Waals surface area contributed by atoms with E-state index >= 15 is 0 Å². The van der Waals surface area contributed by atoms with Crippen molar-refractivity contribution in [1.29, 1.82) is 5.26 Å². The summed E-state index contributed by atoms with van der Waals surface area (Å²) in [5, 5.41) is 8.29. The predicted octanol–water partition coefficient (Wildman–Crippen LogP) is 3.14. The third-order valence-corrected chi connectivity index (χ3v) is 2.78. The maximum atomic E-state index is 11.6. The van der Waals surface area contributed by atoms with E-state index in [1.807, 2.05) is 30.3 Å². The lowest BCUT2D eigenvalue weighted by Gasteiger charge is -2.12. The van der Waals surface area contributed by atoms with Crippen molar-refractivity contribution >= 4 is 11.8 Å². The number of hydrogen-bond donors (Lipinski definition) is 0. The number of para-hydroxylation sites is 1. The first-order valence-electron chi connectivity index (χ1n) is 7.42. The van der Waals surface area contributed by atoms with E-state index in [2.05, 4.69) is 0 Å². The molecule has 0 heterocycles. The number of nitrogens with zero attached hydrogens (tertiary/aromatic N) is 1. The number of esters is 1. The highest BCUT2D eigenvalue weighted by molar-refractivity contribution is 6.01. The number of nitriles is 1. The Morgan fingerprint density at radius 3 is 2.00 bits per heavy atom. The van der Waals surface area contributed by atoms with Crippen LogP contribution < -0.4 is 4.74 Å². The predicted molar refractivity (Wildman–Crippen MR) is 89.3 cm³/mol. The van der Waals surface area contributed by atoms with Gasteiger partial charge < -0.3 is 9.47 Å². The summed E-state index contributed by atoms with van der Waals surface area (Å²) in [4.78, 5) is 22.7. The van der Waals surface area contributed by atoms with Crippen LogP contribution in [0.15, 0.2) is 60.7 Å². The molecule has 0 saturated carbocycles. The zero-order valence-electron chi connectivity index (χ0n) is 13.6. The molecular weight excluding hydrogens is 306 g/mol. The molecule has 124 valence electrons. The van der Waals surface area contributed by atoms with E-state index in [-0.39, 0.29) is 12.4 Å². The van der Waals surface area contributed by atoms with Gasteiger partial charge in [-0.05, 0) is 38.1 Å². The topological polar surface area (TPSA) is 76.4 Å². The van der Waals surface area contributed by atoms with Crippen LogP contribution in [0, 0.1) is 11.3 Å². The summed E-state index contributed by atoms with van der Waals surface area (Å²) >= 11 is 0. The molecule has 0 N–H and O–H groups in total. The van der Waals surface area contributed by atoms with Crippen LogP contribution in [0.2, 0.25) is 0 Å². The standard InChI is InChI=1S/C12H14O4.C7H5N/c1-3-15-11(9(2)13)12(14)16-10-7-5-4-6-8-10;8-6-7-4-2-1-3-5-7/h4-8,11H,3H2,1-2H3;1-5H. The largest absolute Gasteiger partial charge is 0.424 e. The Morgan fingerprint density at radius 1 is 1.04 bits per heavy atom. The number of Topliss-reactive ketones (excluding diaryl/α,β-unsaturated/α-hetero) is 1. The molecule has 0 aliphatic heterocycles. The van der Waals surface area contributed by atoms with E-state index in [4.69, 9.17) is 14.7 Å². The van der Waals surface area contributed by atoms with Gasteiger partial charge in [-0.3, -0.25) is 4.79 Å². The fraction of sp³-hybridized carbons (Fsp3) is 0.211. The van der Waals surface area contributed by atoms with Crippen LogP contribution in [0.25, 0.3) is 0 Å². The molecule has 0 saturated heterocycles. The maximum Gasteiger partial charge on any atom is 0.348 e. The first-order valence-corrected chi connectivity index (χ1v) is 7.42. The summed E-state index contributed by atoms with van der Waals surface area (Å²) in [6.45, 7) is 3.30. The Morgan fingerprint density at radius 2 is 1.58 bits per heavy atom. The Kier molecular flexibility index (Phi) is 8.51. The van der Waals surface area contributed by atoms with Crippen molar-refractivity contribution in [3.63, 3.8) is 0 Å². The Bertz CT molecular complexity index is 678. The molecule has 5 nitrogen and oxygen atoms in total.